The smallest absolute Gasteiger partial charge is 0.167 e. The van der Waals surface area contributed by atoms with Gasteiger partial charge in [0.05, 0.1) is 18.1 Å². The predicted molar refractivity (Wildman–Crippen MR) is 233 cm³/mol. The van der Waals surface area contributed by atoms with E-state index in [2.05, 4.69) is 126 Å². The van der Waals surface area contributed by atoms with Crippen LogP contribution in [-0.2, 0) is 0 Å². The first kappa shape index (κ1) is 42.5. The van der Waals surface area contributed by atoms with E-state index in [9.17, 15) is 0 Å². The van der Waals surface area contributed by atoms with E-state index in [0.29, 0.717) is 16.2 Å². The van der Waals surface area contributed by atoms with Crippen LogP contribution in [-0.4, -0.2) is 182 Å². The van der Waals surface area contributed by atoms with Gasteiger partial charge >= 0.3 is 0 Å². The summed E-state index contributed by atoms with van der Waals surface area (Å²) in [4.78, 5) is 0. The average molecular weight is 811 g/mol. The third-order valence-corrected chi connectivity index (χ3v) is 28.0. The van der Waals surface area contributed by atoms with Gasteiger partial charge in [-0.1, -0.05) is 20.8 Å². The normalized spacial score (nSPS) is 46.8. The van der Waals surface area contributed by atoms with Crippen LogP contribution in [0.3, 0.4) is 0 Å². The molecule has 10 fully saturated rings. The maximum Gasteiger partial charge on any atom is 0.167 e. The first-order valence-electron chi connectivity index (χ1n) is 21.7. The Balaban J connectivity index is 1.36. The molecule has 12 nitrogen and oxygen atoms in total. The number of rotatable bonds is 3. The Morgan fingerprint density at radius 3 is 0.611 bits per heavy atom. The molecule has 0 radical (unpaired) electrons. The summed E-state index contributed by atoms with van der Waals surface area (Å²) in [7, 11) is 15.3. The molecule has 15 heteroatoms. The fourth-order valence-electron chi connectivity index (χ4n) is 11.5. The minimum atomic E-state index is -2.10. The summed E-state index contributed by atoms with van der Waals surface area (Å²) >= 11 is 0. The second-order valence-electron chi connectivity index (χ2n) is 20.2. The van der Waals surface area contributed by atoms with E-state index in [1.165, 1.54) is 57.8 Å². The standard InChI is InChI=1S/C39H81N12P3/c1-37-13-22-43(4)52(44(5)23-14-37,45(6)24-15-37)40-34-31-35(41-53-46(7)25-16-38(2,17-26-47(53)8)18-27-48(53)9)33-36(32-34)42-54-49(10)28-19-39(3,20-29-50(54)11)21-30-51(54)12/h34-36H,13-33H2,1-12H3. The van der Waals surface area contributed by atoms with E-state index in [-0.39, 0.29) is 18.1 Å². The Morgan fingerprint density at radius 1 is 0.315 bits per heavy atom. The Kier molecular flexibility index (Phi) is 12.4. The molecule has 1 saturated carbocycles. The third-order valence-electron chi connectivity index (χ3n) is 16.1. The van der Waals surface area contributed by atoms with Crippen molar-refractivity contribution < 1.29 is 0 Å². The van der Waals surface area contributed by atoms with E-state index in [1.807, 2.05) is 0 Å². The predicted octanol–water partition coefficient (Wildman–Crippen LogP) is 8.11. The quantitative estimate of drug-likeness (QED) is 0.263. The molecule has 0 aromatic carbocycles. The zero-order valence-corrected chi connectivity index (χ0v) is 39.5. The van der Waals surface area contributed by atoms with E-state index < -0.39 is 22.5 Å². The van der Waals surface area contributed by atoms with Crippen molar-refractivity contribution in [1.82, 2.24) is 42.0 Å². The lowest BCUT2D eigenvalue weighted by Crippen LogP contribution is -2.47. The minimum absolute atomic E-state index is 0.228. The van der Waals surface area contributed by atoms with E-state index in [0.717, 1.165) is 78.2 Å². The molecule has 9 aliphatic heterocycles. The summed E-state index contributed by atoms with van der Waals surface area (Å²) in [5.74, 6) is 0. The molecule has 0 N–H and O–H groups in total. The summed E-state index contributed by atoms with van der Waals surface area (Å²) in [6.07, 6.45) is 14.6. The summed E-state index contributed by atoms with van der Waals surface area (Å²) in [5, 5.41) is 0. The maximum atomic E-state index is 6.26. The summed E-state index contributed by atoms with van der Waals surface area (Å²) < 4.78 is 43.2. The van der Waals surface area contributed by atoms with Gasteiger partial charge in [-0.25, -0.2) is 42.0 Å². The van der Waals surface area contributed by atoms with Crippen molar-refractivity contribution >= 4 is 22.5 Å². The van der Waals surface area contributed by atoms with Crippen molar-refractivity contribution in [3.63, 3.8) is 0 Å². The summed E-state index contributed by atoms with van der Waals surface area (Å²) in [6, 6.07) is 0.683. The molecule has 10 aliphatic rings. The highest BCUT2D eigenvalue weighted by molar-refractivity contribution is 7.59. The summed E-state index contributed by atoms with van der Waals surface area (Å²) in [5.41, 5.74) is 1.22. The highest BCUT2D eigenvalue weighted by Crippen LogP contribution is 2.66. The third kappa shape index (κ3) is 7.53. The Morgan fingerprint density at radius 2 is 0.463 bits per heavy atom. The van der Waals surface area contributed by atoms with Gasteiger partial charge in [-0.3, -0.25) is 14.2 Å². The van der Waals surface area contributed by atoms with Gasteiger partial charge in [-0.05, 0) is 157 Å². The average Bonchev–Trinajstić information content (AvgIpc) is 3.13. The van der Waals surface area contributed by atoms with Gasteiger partial charge in [-0.15, -0.1) is 0 Å². The van der Waals surface area contributed by atoms with Crippen LogP contribution in [0, 0.1) is 16.2 Å². The second-order valence-corrected chi connectivity index (χ2v) is 30.3. The lowest BCUT2D eigenvalue weighted by molar-refractivity contribution is 0.159. The first-order chi connectivity index (χ1) is 25.4. The second kappa shape index (κ2) is 15.7. The number of hydrogen-bond acceptors (Lipinski definition) is 3. The van der Waals surface area contributed by atoms with Gasteiger partial charge in [-0.2, -0.15) is 0 Å². The SMILES string of the molecule is CN1CCC2(C)CCN(C)P1(=NC1CC(N=P34N(C)CCC(C)(CCN3C)CCN4C)CC(N=P34N(C)CCC(C)(CCN3C)CCN4C)C1)N(C)CC2. The zero-order valence-electron chi connectivity index (χ0n) is 36.8. The van der Waals surface area contributed by atoms with Crippen LogP contribution in [0.25, 0.3) is 0 Å². The van der Waals surface area contributed by atoms with Crippen LogP contribution >= 0.6 is 22.5 Å². The molecular formula is C39H81N12P3. The highest BCUT2D eigenvalue weighted by Gasteiger charge is 2.48. The topological polar surface area (TPSA) is 66.2 Å². The van der Waals surface area contributed by atoms with Crippen molar-refractivity contribution in [2.24, 2.45) is 30.5 Å². The molecule has 0 amide bonds. The number of fused-ring (bicyclic) bond motifs is 18. The van der Waals surface area contributed by atoms with E-state index >= 15 is 0 Å². The molecule has 0 atom stereocenters. The van der Waals surface area contributed by atoms with E-state index in [4.69, 9.17) is 14.2 Å². The number of nitrogens with zero attached hydrogens (tertiary/aromatic N) is 12. The molecule has 6 bridgehead atoms. The van der Waals surface area contributed by atoms with Gasteiger partial charge in [0.2, 0.25) is 0 Å². The first-order valence-corrected chi connectivity index (χ1v) is 26.5. The van der Waals surface area contributed by atoms with Crippen LogP contribution in [0.5, 0.6) is 0 Å². The highest BCUT2D eigenvalue weighted by atomic mass is 31.2. The molecule has 312 valence electrons. The zero-order chi connectivity index (χ0) is 38.9. The van der Waals surface area contributed by atoms with Crippen LogP contribution < -0.4 is 0 Å². The Labute approximate surface area is 332 Å². The molecule has 54 heavy (non-hydrogen) atoms. The molecule has 0 aromatic heterocycles. The van der Waals surface area contributed by atoms with Gasteiger partial charge in [0.15, 0.2) is 22.5 Å². The molecule has 0 unspecified atom stereocenters. The molecule has 0 aromatic rings. The summed E-state index contributed by atoms with van der Waals surface area (Å²) in [6.45, 7) is 17.7. The molecule has 1 aliphatic carbocycles. The van der Waals surface area contributed by atoms with Crippen molar-refractivity contribution in [2.45, 2.75) is 116 Å². The van der Waals surface area contributed by atoms with Crippen LogP contribution in [0.1, 0.15) is 97.8 Å². The molecule has 9 heterocycles. The Hall–Kier alpha value is 0.330. The lowest BCUT2D eigenvalue weighted by atomic mass is 9.80. The van der Waals surface area contributed by atoms with E-state index in [1.54, 1.807) is 0 Å². The monoisotopic (exact) mass is 811 g/mol. The minimum Gasteiger partial charge on any atom is -0.257 e. The van der Waals surface area contributed by atoms with Gasteiger partial charge in [0.1, 0.15) is 0 Å². The van der Waals surface area contributed by atoms with Crippen molar-refractivity contribution in [1.29, 1.82) is 0 Å². The maximum absolute atomic E-state index is 6.26. The van der Waals surface area contributed by atoms with Gasteiger partial charge in [0.25, 0.3) is 0 Å². The fourth-order valence-corrected chi connectivity index (χ4v) is 23.0. The van der Waals surface area contributed by atoms with Gasteiger partial charge in [0, 0.05) is 58.9 Å². The molecule has 0 spiro atoms. The van der Waals surface area contributed by atoms with Crippen molar-refractivity contribution in [3.8, 4) is 0 Å². The molecule has 10 rings (SSSR count). The largest absolute Gasteiger partial charge is 0.257 e. The van der Waals surface area contributed by atoms with Gasteiger partial charge < -0.3 is 0 Å². The van der Waals surface area contributed by atoms with Crippen molar-refractivity contribution in [2.75, 3.05) is 122 Å². The van der Waals surface area contributed by atoms with Crippen LogP contribution in [0.4, 0.5) is 0 Å². The molecular weight excluding hydrogens is 729 g/mol. The Bertz CT molecular complexity index is 1220. The molecule has 9 saturated heterocycles. The lowest BCUT2D eigenvalue weighted by Gasteiger charge is -2.54. The fraction of sp³-hybridized carbons (Fsp3) is 1.00. The van der Waals surface area contributed by atoms with Crippen LogP contribution in [0.15, 0.2) is 14.2 Å². The van der Waals surface area contributed by atoms with Crippen molar-refractivity contribution in [3.05, 3.63) is 0 Å². The van der Waals surface area contributed by atoms with Crippen LogP contribution in [0.2, 0.25) is 0 Å². The number of hydrogen-bond donors (Lipinski definition) is 0.